The van der Waals surface area contributed by atoms with Gasteiger partial charge < -0.3 is 9.67 Å². The third-order valence-electron chi connectivity index (χ3n) is 6.22. The Bertz CT molecular complexity index is 594. The molecule has 2 saturated carbocycles. The predicted octanol–water partition coefficient (Wildman–Crippen LogP) is 2.52. The Morgan fingerprint density at radius 3 is 2.36 bits per heavy atom. The van der Waals surface area contributed by atoms with Gasteiger partial charge in [0.25, 0.3) is 5.56 Å². The lowest BCUT2D eigenvalue weighted by Crippen LogP contribution is -2.58. The summed E-state index contributed by atoms with van der Waals surface area (Å²) < 4.78 is 1.74. The zero-order valence-corrected chi connectivity index (χ0v) is 13.4. The van der Waals surface area contributed by atoms with Crippen LogP contribution in [0.3, 0.4) is 0 Å². The summed E-state index contributed by atoms with van der Waals surface area (Å²) >= 11 is 0. The number of aromatic nitrogens is 1. The van der Waals surface area contributed by atoms with E-state index in [1.807, 2.05) is 0 Å². The van der Waals surface area contributed by atoms with E-state index in [2.05, 4.69) is 4.90 Å². The molecule has 2 saturated heterocycles. The van der Waals surface area contributed by atoms with Crippen molar-refractivity contribution >= 4 is 0 Å². The van der Waals surface area contributed by atoms with Gasteiger partial charge in [-0.05, 0) is 63.4 Å². The fourth-order valence-corrected chi connectivity index (χ4v) is 5.26. The molecule has 0 radical (unpaired) electrons. The quantitative estimate of drug-likeness (QED) is 0.929. The van der Waals surface area contributed by atoms with Crippen LogP contribution in [-0.4, -0.2) is 33.2 Å². The fourth-order valence-electron chi connectivity index (χ4n) is 5.26. The maximum absolute atomic E-state index is 12.1. The average Bonchev–Trinajstić information content (AvgIpc) is 2.49. The summed E-state index contributed by atoms with van der Waals surface area (Å²) in [5, 5.41) is 9.57. The summed E-state index contributed by atoms with van der Waals surface area (Å²) in [6.07, 6.45) is 9.86. The number of hydrogen-bond donors (Lipinski definition) is 1. The van der Waals surface area contributed by atoms with Crippen LogP contribution in [0.1, 0.15) is 44.1 Å². The molecule has 4 aliphatic rings. The number of aromatic hydroxyl groups is 1. The molecule has 4 heteroatoms. The van der Waals surface area contributed by atoms with Gasteiger partial charge in [-0.3, -0.25) is 9.69 Å². The SMILES string of the molecule is Cc1c(O)ccn(CCCN2C3CC4CC(C3)CC2C4)c1=O. The van der Waals surface area contributed by atoms with Crippen molar-refractivity contribution in [3.05, 3.63) is 28.2 Å². The predicted molar refractivity (Wildman–Crippen MR) is 86.1 cm³/mol. The summed E-state index contributed by atoms with van der Waals surface area (Å²) in [6, 6.07) is 3.25. The summed E-state index contributed by atoms with van der Waals surface area (Å²) in [5.74, 6) is 2.10. The molecule has 0 atom stereocenters. The first-order chi connectivity index (χ1) is 10.6. The smallest absolute Gasteiger partial charge is 0.257 e. The van der Waals surface area contributed by atoms with Crippen LogP contribution in [-0.2, 0) is 6.54 Å². The Morgan fingerprint density at radius 2 is 1.73 bits per heavy atom. The molecule has 4 nitrogen and oxygen atoms in total. The topological polar surface area (TPSA) is 45.5 Å². The molecule has 3 heterocycles. The van der Waals surface area contributed by atoms with E-state index in [0.29, 0.717) is 5.56 Å². The molecule has 5 rings (SSSR count). The highest BCUT2D eigenvalue weighted by Gasteiger charge is 2.46. The van der Waals surface area contributed by atoms with Crippen LogP contribution in [0, 0.1) is 18.8 Å². The molecule has 0 aromatic carbocycles. The Labute approximate surface area is 131 Å². The minimum absolute atomic E-state index is 0.0555. The molecular weight excluding hydrogens is 276 g/mol. The number of piperidine rings is 2. The van der Waals surface area contributed by atoms with Crippen molar-refractivity contribution in [1.82, 2.24) is 9.47 Å². The first-order valence-corrected chi connectivity index (χ1v) is 8.76. The highest BCUT2D eigenvalue weighted by Crippen LogP contribution is 2.48. The van der Waals surface area contributed by atoms with Crippen LogP contribution < -0.4 is 5.56 Å². The van der Waals surface area contributed by atoms with E-state index in [1.165, 1.54) is 32.1 Å². The maximum atomic E-state index is 12.1. The highest BCUT2D eigenvalue weighted by molar-refractivity contribution is 5.27. The number of pyridine rings is 1. The molecule has 1 N–H and O–H groups in total. The van der Waals surface area contributed by atoms with Crippen LogP contribution in [0.15, 0.2) is 17.1 Å². The number of rotatable bonds is 4. The monoisotopic (exact) mass is 302 g/mol. The van der Waals surface area contributed by atoms with Crippen molar-refractivity contribution in [2.45, 2.75) is 64.1 Å². The van der Waals surface area contributed by atoms with Crippen molar-refractivity contribution in [3.8, 4) is 5.75 Å². The van der Waals surface area contributed by atoms with Crippen molar-refractivity contribution in [1.29, 1.82) is 0 Å². The number of hydrogen-bond acceptors (Lipinski definition) is 3. The van der Waals surface area contributed by atoms with Crippen molar-refractivity contribution in [2.75, 3.05) is 6.54 Å². The summed E-state index contributed by atoms with van der Waals surface area (Å²) in [7, 11) is 0. The Hall–Kier alpha value is -1.29. The van der Waals surface area contributed by atoms with Gasteiger partial charge in [-0.2, -0.15) is 0 Å². The normalized spacial score (nSPS) is 33.5. The zero-order valence-electron chi connectivity index (χ0n) is 13.4. The second-order valence-electron chi connectivity index (χ2n) is 7.63. The minimum atomic E-state index is -0.0555. The molecule has 0 amide bonds. The van der Waals surface area contributed by atoms with Crippen LogP contribution in [0.25, 0.3) is 0 Å². The van der Waals surface area contributed by atoms with Gasteiger partial charge in [0.15, 0.2) is 0 Å². The van der Waals surface area contributed by atoms with Gasteiger partial charge in [-0.25, -0.2) is 0 Å². The third-order valence-corrected chi connectivity index (χ3v) is 6.22. The van der Waals surface area contributed by atoms with E-state index in [4.69, 9.17) is 0 Å². The van der Waals surface area contributed by atoms with Gasteiger partial charge in [0.2, 0.25) is 0 Å². The molecular formula is C18H26N2O2. The van der Waals surface area contributed by atoms with E-state index in [0.717, 1.165) is 43.4 Å². The summed E-state index contributed by atoms with van der Waals surface area (Å²) in [6.45, 7) is 3.55. The van der Waals surface area contributed by atoms with Gasteiger partial charge in [0.05, 0.1) is 5.56 Å². The van der Waals surface area contributed by atoms with E-state index < -0.39 is 0 Å². The van der Waals surface area contributed by atoms with Crippen LogP contribution in [0.5, 0.6) is 5.75 Å². The van der Waals surface area contributed by atoms with Crippen molar-refractivity contribution < 1.29 is 5.11 Å². The summed E-state index contributed by atoms with van der Waals surface area (Å²) in [4.78, 5) is 14.8. The lowest BCUT2D eigenvalue weighted by Gasteiger charge is -2.56. The van der Waals surface area contributed by atoms with E-state index >= 15 is 0 Å². The molecule has 0 unspecified atom stereocenters. The minimum Gasteiger partial charge on any atom is -0.507 e. The fraction of sp³-hybridized carbons (Fsp3) is 0.722. The molecule has 1 aromatic rings. The standard InChI is InChI=1S/C18H26N2O2/c1-12-17(21)3-6-19(18(12)22)4-2-5-20-15-8-13-7-14(10-15)11-16(20)9-13/h3,6,13-16,21H,2,4-5,7-11H2,1H3. The van der Waals surface area contributed by atoms with Gasteiger partial charge in [-0.15, -0.1) is 0 Å². The van der Waals surface area contributed by atoms with Gasteiger partial charge in [0, 0.05) is 31.4 Å². The molecule has 22 heavy (non-hydrogen) atoms. The van der Waals surface area contributed by atoms with E-state index in [1.54, 1.807) is 23.8 Å². The Morgan fingerprint density at radius 1 is 1.09 bits per heavy atom. The molecule has 0 spiro atoms. The largest absolute Gasteiger partial charge is 0.507 e. The number of nitrogens with zero attached hydrogens (tertiary/aromatic N) is 2. The second-order valence-corrected chi connectivity index (χ2v) is 7.63. The van der Waals surface area contributed by atoms with Gasteiger partial charge >= 0.3 is 0 Å². The van der Waals surface area contributed by atoms with E-state index in [-0.39, 0.29) is 11.3 Å². The second kappa shape index (κ2) is 5.41. The first-order valence-electron chi connectivity index (χ1n) is 8.76. The van der Waals surface area contributed by atoms with Crippen LogP contribution in [0.2, 0.25) is 0 Å². The lowest BCUT2D eigenvalue weighted by molar-refractivity contribution is -0.0593. The van der Waals surface area contributed by atoms with Crippen molar-refractivity contribution in [2.24, 2.45) is 11.8 Å². The third kappa shape index (κ3) is 2.37. The first kappa shape index (κ1) is 14.3. The molecule has 4 fully saturated rings. The van der Waals surface area contributed by atoms with E-state index in [9.17, 15) is 9.90 Å². The Kier molecular flexibility index (Phi) is 3.52. The number of aryl methyl sites for hydroxylation is 1. The molecule has 2 aliphatic carbocycles. The summed E-state index contributed by atoms with van der Waals surface area (Å²) in [5.41, 5.74) is 0.400. The Balaban J connectivity index is 1.38. The van der Waals surface area contributed by atoms with Crippen LogP contribution in [0.4, 0.5) is 0 Å². The van der Waals surface area contributed by atoms with Crippen molar-refractivity contribution in [3.63, 3.8) is 0 Å². The maximum Gasteiger partial charge on any atom is 0.257 e. The molecule has 120 valence electrons. The zero-order chi connectivity index (χ0) is 15.3. The van der Waals surface area contributed by atoms with Crippen LogP contribution >= 0.6 is 0 Å². The van der Waals surface area contributed by atoms with Gasteiger partial charge in [0.1, 0.15) is 5.75 Å². The van der Waals surface area contributed by atoms with Gasteiger partial charge in [-0.1, -0.05) is 0 Å². The molecule has 1 aromatic heterocycles. The molecule has 4 bridgehead atoms. The lowest BCUT2D eigenvalue weighted by atomic mass is 9.63. The highest BCUT2D eigenvalue weighted by atomic mass is 16.3. The average molecular weight is 302 g/mol. The molecule has 2 aliphatic heterocycles.